The van der Waals surface area contributed by atoms with Crippen molar-refractivity contribution in [1.82, 2.24) is 10.2 Å². The molecule has 0 aromatic heterocycles. The summed E-state index contributed by atoms with van der Waals surface area (Å²) in [5.41, 5.74) is 2.41. The van der Waals surface area contributed by atoms with E-state index in [0.29, 0.717) is 12.2 Å². The van der Waals surface area contributed by atoms with Crippen LogP contribution in [0.3, 0.4) is 0 Å². The summed E-state index contributed by atoms with van der Waals surface area (Å²) in [7, 11) is -3.86. The molecule has 9 heteroatoms. The molecule has 3 aromatic rings. The Morgan fingerprint density at radius 1 is 0.900 bits per heavy atom. The second-order valence-corrected chi connectivity index (χ2v) is 11.7. The highest BCUT2D eigenvalue weighted by Gasteiger charge is 2.33. The van der Waals surface area contributed by atoms with Gasteiger partial charge >= 0.3 is 0 Å². The Hall–Kier alpha value is -3.72. The maximum atomic E-state index is 14.8. The van der Waals surface area contributed by atoms with Crippen LogP contribution in [-0.4, -0.2) is 50.5 Å². The van der Waals surface area contributed by atoms with Gasteiger partial charge in [-0.25, -0.2) is 12.8 Å². The highest BCUT2D eigenvalue weighted by molar-refractivity contribution is 7.92. The number of carbonyl (C=O) groups is 2. The highest BCUT2D eigenvalue weighted by Crippen LogP contribution is 2.22. The van der Waals surface area contributed by atoms with Crippen LogP contribution in [0.25, 0.3) is 0 Å². The molecule has 0 aliphatic carbocycles. The van der Waals surface area contributed by atoms with E-state index >= 15 is 0 Å². The number of hydrogen-bond donors (Lipinski definition) is 1. The molecular weight excluding hydrogens is 529 g/mol. The third-order valence-electron chi connectivity index (χ3n) is 6.71. The summed E-state index contributed by atoms with van der Waals surface area (Å²) in [6.45, 7) is 3.70. The van der Waals surface area contributed by atoms with Gasteiger partial charge in [0, 0.05) is 25.1 Å². The van der Waals surface area contributed by atoms with Gasteiger partial charge in [-0.1, -0.05) is 80.9 Å². The van der Waals surface area contributed by atoms with Gasteiger partial charge in [-0.3, -0.25) is 13.9 Å². The summed E-state index contributed by atoms with van der Waals surface area (Å²) in [5.74, 6) is -1.50. The Bertz CT molecular complexity index is 1360. The monoisotopic (exact) mass is 567 g/mol. The number of hydrogen-bond acceptors (Lipinski definition) is 4. The van der Waals surface area contributed by atoms with Crippen LogP contribution in [0.2, 0.25) is 0 Å². The molecule has 1 atom stereocenters. The van der Waals surface area contributed by atoms with Gasteiger partial charge in [0.1, 0.15) is 18.4 Å². The summed E-state index contributed by atoms with van der Waals surface area (Å²) in [6.07, 6.45) is 3.64. The van der Waals surface area contributed by atoms with Gasteiger partial charge in [0.25, 0.3) is 0 Å². The summed E-state index contributed by atoms with van der Waals surface area (Å²) in [4.78, 5) is 28.8. The third kappa shape index (κ3) is 8.64. The van der Waals surface area contributed by atoms with Crippen LogP contribution in [0.15, 0.2) is 78.9 Å². The zero-order chi connectivity index (χ0) is 29.1. The van der Waals surface area contributed by atoms with Crippen LogP contribution < -0.4 is 9.62 Å². The number of nitrogens with one attached hydrogen (secondary N) is 1. The van der Waals surface area contributed by atoms with E-state index in [1.165, 1.54) is 11.0 Å². The maximum Gasteiger partial charge on any atom is 0.244 e. The minimum Gasteiger partial charge on any atom is -0.354 e. The van der Waals surface area contributed by atoms with Gasteiger partial charge in [-0.2, -0.15) is 0 Å². The molecule has 0 heterocycles. The number of aryl methyl sites for hydroxylation is 1. The summed E-state index contributed by atoms with van der Waals surface area (Å²) in [5, 5.41) is 2.91. The molecule has 3 rings (SSSR count). The van der Waals surface area contributed by atoms with Gasteiger partial charge in [0.2, 0.25) is 21.8 Å². The normalized spacial score (nSPS) is 12.0. The van der Waals surface area contributed by atoms with E-state index in [4.69, 9.17) is 0 Å². The zero-order valence-electron chi connectivity index (χ0n) is 23.3. The number of benzene rings is 3. The fraction of sp³-hybridized carbons (Fsp3) is 0.355. The quantitative estimate of drug-likeness (QED) is 0.286. The van der Waals surface area contributed by atoms with Crippen LogP contribution in [0.1, 0.15) is 43.4 Å². The summed E-state index contributed by atoms with van der Waals surface area (Å²) < 4.78 is 41.5. The Morgan fingerprint density at radius 3 is 2.15 bits per heavy atom. The lowest BCUT2D eigenvalue weighted by atomic mass is 10.0. The molecule has 0 fully saturated rings. The topological polar surface area (TPSA) is 86.8 Å². The smallest absolute Gasteiger partial charge is 0.244 e. The summed E-state index contributed by atoms with van der Waals surface area (Å²) >= 11 is 0. The SMILES string of the molecule is CCCCNC(=O)[C@H](Cc1ccccc1)N(Cc1ccccc1F)C(=O)CN(c1ccc(CC)cc1)S(C)(=O)=O. The fourth-order valence-corrected chi connectivity index (χ4v) is 5.23. The van der Waals surface area contributed by atoms with E-state index in [0.717, 1.165) is 41.0 Å². The lowest BCUT2D eigenvalue weighted by Gasteiger charge is -2.33. The van der Waals surface area contributed by atoms with Crippen molar-refractivity contribution in [2.24, 2.45) is 0 Å². The van der Waals surface area contributed by atoms with Crippen LogP contribution in [0, 0.1) is 5.82 Å². The maximum absolute atomic E-state index is 14.8. The average Bonchev–Trinajstić information content (AvgIpc) is 2.94. The lowest BCUT2D eigenvalue weighted by molar-refractivity contribution is -0.140. The number of halogens is 1. The molecule has 1 N–H and O–H groups in total. The van der Waals surface area contributed by atoms with E-state index in [9.17, 15) is 22.4 Å². The molecule has 0 bridgehead atoms. The van der Waals surface area contributed by atoms with Crippen molar-refractivity contribution in [3.63, 3.8) is 0 Å². The van der Waals surface area contributed by atoms with Gasteiger partial charge in [0.05, 0.1) is 11.9 Å². The van der Waals surface area contributed by atoms with E-state index in [2.05, 4.69) is 5.32 Å². The van der Waals surface area contributed by atoms with E-state index in [1.54, 1.807) is 30.3 Å². The molecule has 40 heavy (non-hydrogen) atoms. The number of unbranched alkanes of at least 4 members (excludes halogenated alkanes) is 1. The van der Waals surface area contributed by atoms with Crippen LogP contribution in [-0.2, 0) is 39.0 Å². The van der Waals surface area contributed by atoms with Crippen LogP contribution >= 0.6 is 0 Å². The number of sulfonamides is 1. The zero-order valence-corrected chi connectivity index (χ0v) is 24.2. The second kappa shape index (κ2) is 14.6. The van der Waals surface area contributed by atoms with Crippen molar-refractivity contribution in [3.05, 3.63) is 101 Å². The van der Waals surface area contributed by atoms with Gasteiger partial charge in [-0.05, 0) is 42.2 Å². The van der Waals surface area contributed by atoms with Crippen molar-refractivity contribution in [2.45, 2.75) is 52.1 Å². The van der Waals surface area contributed by atoms with Crippen molar-refractivity contribution in [1.29, 1.82) is 0 Å². The second-order valence-electron chi connectivity index (χ2n) is 9.75. The van der Waals surface area contributed by atoms with Crippen LogP contribution in [0.5, 0.6) is 0 Å². The number of rotatable bonds is 14. The third-order valence-corrected chi connectivity index (χ3v) is 7.85. The molecule has 0 aliphatic heterocycles. The van der Waals surface area contributed by atoms with E-state index < -0.39 is 34.3 Å². The number of amides is 2. The number of anilines is 1. The fourth-order valence-electron chi connectivity index (χ4n) is 4.38. The molecule has 214 valence electrons. The molecule has 7 nitrogen and oxygen atoms in total. The average molecular weight is 568 g/mol. The van der Waals surface area contributed by atoms with Gasteiger partial charge in [-0.15, -0.1) is 0 Å². The Morgan fingerprint density at radius 2 is 1.55 bits per heavy atom. The molecule has 3 aromatic carbocycles. The molecule has 0 saturated heterocycles. The summed E-state index contributed by atoms with van der Waals surface area (Å²) in [6, 6.07) is 21.3. The largest absolute Gasteiger partial charge is 0.354 e. The molecular formula is C31H38FN3O4S. The van der Waals surface area contributed by atoms with Crippen molar-refractivity contribution in [3.8, 4) is 0 Å². The molecule has 0 radical (unpaired) electrons. The molecule has 0 saturated carbocycles. The first-order valence-corrected chi connectivity index (χ1v) is 15.4. The standard InChI is InChI=1S/C31H38FN3O4S/c1-4-6-20-33-31(37)29(21-25-12-8-7-9-13-25)34(22-26-14-10-11-15-28(26)32)30(36)23-35(40(3,38)39)27-18-16-24(5-2)17-19-27/h7-19,29H,4-6,20-23H2,1-3H3,(H,33,37)/t29-/m0/s1. The van der Waals surface area contributed by atoms with Crippen molar-refractivity contribution in [2.75, 3.05) is 23.7 Å². The Kier molecular flexibility index (Phi) is 11.3. The Balaban J connectivity index is 2.03. The number of carbonyl (C=O) groups excluding carboxylic acids is 2. The highest BCUT2D eigenvalue weighted by atomic mass is 32.2. The molecule has 0 spiro atoms. The predicted octanol–water partition coefficient (Wildman–Crippen LogP) is 4.71. The first kappa shape index (κ1) is 30.8. The first-order chi connectivity index (χ1) is 19.1. The number of nitrogens with zero attached hydrogens (tertiary/aromatic N) is 2. The molecule has 0 aliphatic rings. The van der Waals surface area contributed by atoms with Crippen LogP contribution in [0.4, 0.5) is 10.1 Å². The lowest BCUT2D eigenvalue weighted by Crippen LogP contribution is -2.53. The van der Waals surface area contributed by atoms with E-state index in [1.807, 2.05) is 56.3 Å². The van der Waals surface area contributed by atoms with Gasteiger partial charge < -0.3 is 10.2 Å². The van der Waals surface area contributed by atoms with Crippen molar-refractivity contribution >= 4 is 27.5 Å². The van der Waals surface area contributed by atoms with Crippen molar-refractivity contribution < 1.29 is 22.4 Å². The predicted molar refractivity (Wildman–Crippen MR) is 157 cm³/mol. The first-order valence-electron chi connectivity index (χ1n) is 13.5. The minimum absolute atomic E-state index is 0.184. The Labute approximate surface area is 237 Å². The van der Waals surface area contributed by atoms with E-state index in [-0.39, 0.29) is 24.4 Å². The molecule has 2 amide bonds. The minimum atomic E-state index is -3.86. The van der Waals surface area contributed by atoms with Gasteiger partial charge in [0.15, 0.2) is 0 Å². The molecule has 0 unspecified atom stereocenters.